The molecule has 1 spiro atoms. The predicted octanol–water partition coefficient (Wildman–Crippen LogP) is 1.96. The Bertz CT molecular complexity index is 572. The first kappa shape index (κ1) is 17.6. The van der Waals surface area contributed by atoms with Crippen molar-refractivity contribution in [3.63, 3.8) is 0 Å². The molecule has 2 fully saturated rings. The molecule has 3 heterocycles. The van der Waals surface area contributed by atoms with Crippen LogP contribution in [0, 0.1) is 5.41 Å². The van der Waals surface area contributed by atoms with E-state index in [0.29, 0.717) is 0 Å². The van der Waals surface area contributed by atoms with Gasteiger partial charge in [-0.2, -0.15) is 0 Å². The standard InChI is InChI=1S/C17H26N4O2S/c1-3-24-16-18-9-13(10-19-16)11-21-6-4-17(5-7-21)8-14(15(22)23)20(2)12-17/h9-10,14H,3-8,11-12H2,1-2H3,(H,22,23). The first-order chi connectivity index (χ1) is 11.5. The first-order valence-electron chi connectivity index (χ1n) is 8.60. The zero-order valence-electron chi connectivity index (χ0n) is 14.4. The molecule has 0 saturated carbocycles. The van der Waals surface area contributed by atoms with Crippen molar-refractivity contribution in [3.05, 3.63) is 18.0 Å². The Kier molecular flexibility index (Phi) is 5.42. The van der Waals surface area contributed by atoms with E-state index in [9.17, 15) is 9.90 Å². The van der Waals surface area contributed by atoms with Crippen molar-refractivity contribution >= 4 is 17.7 Å². The fraction of sp³-hybridized carbons (Fsp3) is 0.706. The maximum absolute atomic E-state index is 11.3. The van der Waals surface area contributed by atoms with Crippen LogP contribution in [0.25, 0.3) is 0 Å². The van der Waals surface area contributed by atoms with Crippen LogP contribution in [0.15, 0.2) is 17.6 Å². The Morgan fingerprint density at radius 1 is 1.38 bits per heavy atom. The van der Waals surface area contributed by atoms with Gasteiger partial charge >= 0.3 is 5.97 Å². The Morgan fingerprint density at radius 2 is 2.04 bits per heavy atom. The molecule has 132 valence electrons. The van der Waals surface area contributed by atoms with Crippen molar-refractivity contribution in [3.8, 4) is 0 Å². The highest BCUT2D eigenvalue weighted by Gasteiger charge is 2.46. The summed E-state index contributed by atoms with van der Waals surface area (Å²) in [5, 5.41) is 10.2. The molecule has 6 nitrogen and oxygen atoms in total. The minimum Gasteiger partial charge on any atom is -0.480 e. The van der Waals surface area contributed by atoms with Gasteiger partial charge < -0.3 is 5.11 Å². The third kappa shape index (κ3) is 3.90. The van der Waals surface area contributed by atoms with Crippen LogP contribution in [0.5, 0.6) is 0 Å². The molecule has 0 aliphatic carbocycles. The van der Waals surface area contributed by atoms with E-state index in [-0.39, 0.29) is 11.5 Å². The molecule has 0 amide bonds. The second-order valence-electron chi connectivity index (χ2n) is 7.06. The molecule has 1 aromatic rings. The van der Waals surface area contributed by atoms with Crippen LogP contribution in [0.4, 0.5) is 0 Å². The molecule has 0 radical (unpaired) electrons. The maximum atomic E-state index is 11.3. The van der Waals surface area contributed by atoms with E-state index in [4.69, 9.17) is 0 Å². The molecule has 2 aliphatic heterocycles. The molecule has 2 saturated heterocycles. The molecule has 0 aromatic carbocycles. The van der Waals surface area contributed by atoms with E-state index in [1.165, 1.54) is 0 Å². The summed E-state index contributed by atoms with van der Waals surface area (Å²) in [5.74, 6) is 0.304. The van der Waals surface area contributed by atoms with Gasteiger partial charge in [0.25, 0.3) is 0 Å². The largest absolute Gasteiger partial charge is 0.480 e. The highest BCUT2D eigenvalue weighted by molar-refractivity contribution is 7.99. The third-order valence-corrected chi connectivity index (χ3v) is 6.06. The summed E-state index contributed by atoms with van der Waals surface area (Å²) in [5.41, 5.74) is 1.34. The fourth-order valence-electron chi connectivity index (χ4n) is 3.98. The van der Waals surface area contributed by atoms with Gasteiger partial charge in [0.1, 0.15) is 6.04 Å². The number of likely N-dealkylation sites (N-methyl/N-ethyl adjacent to an activating group) is 1. The molecule has 3 rings (SSSR count). The normalized spacial score (nSPS) is 24.5. The van der Waals surface area contributed by atoms with Gasteiger partial charge in [-0.3, -0.25) is 14.6 Å². The fourth-order valence-corrected chi connectivity index (χ4v) is 4.49. The molecular weight excluding hydrogens is 324 g/mol. The zero-order valence-corrected chi connectivity index (χ0v) is 15.3. The average Bonchev–Trinajstić information content (AvgIpc) is 2.89. The molecule has 1 N–H and O–H groups in total. The monoisotopic (exact) mass is 350 g/mol. The summed E-state index contributed by atoms with van der Waals surface area (Å²) in [6.45, 7) is 5.92. The molecular formula is C17H26N4O2S. The number of carboxylic acids is 1. The van der Waals surface area contributed by atoms with Gasteiger partial charge in [-0.05, 0) is 50.6 Å². The SMILES string of the molecule is CCSc1ncc(CN2CCC3(CC2)CC(C(=O)O)N(C)C3)cn1. The Hall–Kier alpha value is -1.18. The minimum atomic E-state index is -0.681. The molecule has 0 bridgehead atoms. The number of carboxylic acid groups (broad SMARTS) is 1. The molecule has 1 atom stereocenters. The average molecular weight is 350 g/mol. The number of thioether (sulfide) groups is 1. The van der Waals surface area contributed by atoms with Crippen molar-refractivity contribution < 1.29 is 9.90 Å². The van der Waals surface area contributed by atoms with Gasteiger partial charge in [0.05, 0.1) is 0 Å². The third-order valence-electron chi connectivity index (χ3n) is 5.31. The Morgan fingerprint density at radius 3 is 2.58 bits per heavy atom. The lowest BCUT2D eigenvalue weighted by Gasteiger charge is -2.39. The Labute approximate surface area is 147 Å². The van der Waals surface area contributed by atoms with Crippen LogP contribution >= 0.6 is 11.8 Å². The van der Waals surface area contributed by atoms with Gasteiger partial charge in [0.2, 0.25) is 0 Å². The lowest BCUT2D eigenvalue weighted by molar-refractivity contribution is -0.141. The van der Waals surface area contributed by atoms with Gasteiger partial charge in [-0.25, -0.2) is 9.97 Å². The summed E-state index contributed by atoms with van der Waals surface area (Å²) in [6.07, 6.45) is 6.80. The summed E-state index contributed by atoms with van der Waals surface area (Å²) < 4.78 is 0. The lowest BCUT2D eigenvalue weighted by atomic mass is 9.76. The number of aromatic nitrogens is 2. The molecule has 1 aromatic heterocycles. The van der Waals surface area contributed by atoms with Gasteiger partial charge in [-0.15, -0.1) is 0 Å². The quantitative estimate of drug-likeness (QED) is 0.643. The van der Waals surface area contributed by atoms with E-state index in [0.717, 1.165) is 61.9 Å². The van der Waals surface area contributed by atoms with Gasteiger partial charge in [0, 0.05) is 31.0 Å². The van der Waals surface area contributed by atoms with Crippen LogP contribution in [0.3, 0.4) is 0 Å². The van der Waals surface area contributed by atoms with Gasteiger partial charge in [0.15, 0.2) is 5.16 Å². The molecule has 2 aliphatic rings. The molecule has 24 heavy (non-hydrogen) atoms. The second-order valence-corrected chi connectivity index (χ2v) is 8.29. The second kappa shape index (κ2) is 7.37. The highest BCUT2D eigenvalue weighted by atomic mass is 32.2. The maximum Gasteiger partial charge on any atom is 0.320 e. The van der Waals surface area contributed by atoms with E-state index in [1.54, 1.807) is 11.8 Å². The van der Waals surface area contributed by atoms with Gasteiger partial charge in [-0.1, -0.05) is 18.7 Å². The van der Waals surface area contributed by atoms with Crippen LogP contribution in [0.1, 0.15) is 31.7 Å². The smallest absolute Gasteiger partial charge is 0.320 e. The summed E-state index contributed by atoms with van der Waals surface area (Å²) in [6, 6.07) is -0.312. The van der Waals surface area contributed by atoms with Crippen molar-refractivity contribution in [1.29, 1.82) is 0 Å². The molecule has 1 unspecified atom stereocenters. The number of nitrogens with zero attached hydrogens (tertiary/aromatic N) is 4. The van der Waals surface area contributed by atoms with Crippen LogP contribution in [-0.4, -0.2) is 69.3 Å². The minimum absolute atomic E-state index is 0.187. The number of piperidine rings is 1. The number of aliphatic carboxylic acids is 1. The Balaban J connectivity index is 1.53. The summed E-state index contributed by atoms with van der Waals surface area (Å²) in [4.78, 5) is 24.6. The van der Waals surface area contributed by atoms with Crippen LogP contribution in [-0.2, 0) is 11.3 Å². The van der Waals surface area contributed by atoms with E-state index in [1.807, 2.05) is 24.3 Å². The van der Waals surface area contributed by atoms with Crippen molar-refractivity contribution in [2.24, 2.45) is 5.41 Å². The molecule has 7 heteroatoms. The zero-order chi connectivity index (χ0) is 17.2. The van der Waals surface area contributed by atoms with E-state index in [2.05, 4.69) is 21.8 Å². The lowest BCUT2D eigenvalue weighted by Crippen LogP contribution is -2.40. The first-order valence-corrected chi connectivity index (χ1v) is 9.59. The van der Waals surface area contributed by atoms with Crippen molar-refractivity contribution in [2.75, 3.05) is 32.4 Å². The summed E-state index contributed by atoms with van der Waals surface area (Å²) >= 11 is 1.66. The topological polar surface area (TPSA) is 69.6 Å². The highest BCUT2D eigenvalue weighted by Crippen LogP contribution is 2.42. The number of carbonyl (C=O) groups is 1. The number of hydrogen-bond acceptors (Lipinski definition) is 6. The van der Waals surface area contributed by atoms with Crippen molar-refractivity contribution in [2.45, 2.75) is 43.9 Å². The van der Waals surface area contributed by atoms with Crippen LogP contribution in [0.2, 0.25) is 0 Å². The van der Waals surface area contributed by atoms with Crippen LogP contribution < -0.4 is 0 Å². The number of likely N-dealkylation sites (tertiary alicyclic amines) is 2. The van der Waals surface area contributed by atoms with Crippen molar-refractivity contribution in [1.82, 2.24) is 19.8 Å². The number of hydrogen-bond donors (Lipinski definition) is 1. The van der Waals surface area contributed by atoms with E-state index >= 15 is 0 Å². The van der Waals surface area contributed by atoms with E-state index < -0.39 is 5.97 Å². The number of rotatable bonds is 5. The summed E-state index contributed by atoms with van der Waals surface area (Å²) in [7, 11) is 1.94. The predicted molar refractivity (Wildman–Crippen MR) is 94.0 cm³/mol.